The summed E-state index contributed by atoms with van der Waals surface area (Å²) in [6.45, 7) is 0.923. The fourth-order valence-corrected chi connectivity index (χ4v) is 3.57. The van der Waals surface area contributed by atoms with Crippen molar-refractivity contribution in [3.63, 3.8) is 0 Å². The van der Waals surface area contributed by atoms with E-state index in [1.807, 2.05) is 9.80 Å². The summed E-state index contributed by atoms with van der Waals surface area (Å²) in [5.74, 6) is -3.67. The van der Waals surface area contributed by atoms with Gasteiger partial charge in [0.2, 0.25) is 0 Å². The molecule has 0 radical (unpaired) electrons. The molecule has 166 valence electrons. The standard InChI is InChI=1S/C18H20F6N4O2/c19-17(20,21)15(29)27-9-5-25(6-10-27)13-1-2-14(4-3-13)26-7-11-28(12-8-26)16(30)18(22,23)24/h1-4H,5-12H2. The van der Waals surface area contributed by atoms with E-state index in [1.54, 1.807) is 24.3 Å². The molecule has 0 N–H and O–H groups in total. The molecule has 0 bridgehead atoms. The van der Waals surface area contributed by atoms with E-state index in [1.165, 1.54) is 0 Å². The second kappa shape index (κ2) is 8.23. The van der Waals surface area contributed by atoms with E-state index in [-0.39, 0.29) is 52.4 Å². The van der Waals surface area contributed by atoms with Crippen molar-refractivity contribution >= 4 is 23.2 Å². The Morgan fingerprint density at radius 3 is 1.07 bits per heavy atom. The number of hydrogen-bond donors (Lipinski definition) is 0. The highest BCUT2D eigenvalue weighted by molar-refractivity contribution is 5.82. The van der Waals surface area contributed by atoms with Gasteiger partial charge in [-0.15, -0.1) is 0 Å². The van der Waals surface area contributed by atoms with Crippen LogP contribution < -0.4 is 9.80 Å². The number of carbonyl (C=O) groups is 2. The predicted molar refractivity (Wildman–Crippen MR) is 96.1 cm³/mol. The number of hydrogen-bond acceptors (Lipinski definition) is 4. The third kappa shape index (κ3) is 4.90. The van der Waals surface area contributed by atoms with Crippen LogP contribution in [0.4, 0.5) is 37.7 Å². The van der Waals surface area contributed by atoms with Gasteiger partial charge >= 0.3 is 24.2 Å². The molecule has 0 saturated carbocycles. The molecule has 1 aromatic rings. The van der Waals surface area contributed by atoms with Crippen molar-refractivity contribution in [3.05, 3.63) is 24.3 Å². The van der Waals surface area contributed by atoms with Crippen molar-refractivity contribution < 1.29 is 35.9 Å². The molecule has 2 aliphatic heterocycles. The van der Waals surface area contributed by atoms with E-state index in [0.717, 1.165) is 21.2 Å². The van der Waals surface area contributed by atoms with Gasteiger partial charge < -0.3 is 19.6 Å². The first-order valence-corrected chi connectivity index (χ1v) is 9.29. The molecule has 0 atom stereocenters. The fourth-order valence-electron chi connectivity index (χ4n) is 3.57. The molecule has 0 aliphatic carbocycles. The van der Waals surface area contributed by atoms with Gasteiger partial charge in [0.1, 0.15) is 0 Å². The van der Waals surface area contributed by atoms with Crippen LogP contribution >= 0.6 is 0 Å². The first-order chi connectivity index (χ1) is 14.0. The lowest BCUT2D eigenvalue weighted by atomic mass is 10.2. The third-order valence-corrected chi connectivity index (χ3v) is 5.20. The molecule has 12 heteroatoms. The minimum atomic E-state index is -4.88. The molecule has 2 aliphatic rings. The van der Waals surface area contributed by atoms with Crippen molar-refractivity contribution in [2.75, 3.05) is 62.2 Å². The van der Waals surface area contributed by atoms with Crippen molar-refractivity contribution in [2.24, 2.45) is 0 Å². The number of rotatable bonds is 2. The summed E-state index contributed by atoms with van der Waals surface area (Å²) in [5, 5.41) is 0. The highest BCUT2D eigenvalue weighted by atomic mass is 19.4. The summed E-state index contributed by atoms with van der Waals surface area (Å²) in [6, 6.07) is 7.13. The van der Waals surface area contributed by atoms with Crippen LogP contribution in [0.2, 0.25) is 0 Å². The second-order valence-corrected chi connectivity index (χ2v) is 7.07. The Morgan fingerprint density at radius 2 is 0.833 bits per heavy atom. The first kappa shape index (κ1) is 22.0. The van der Waals surface area contributed by atoms with Crippen molar-refractivity contribution in [2.45, 2.75) is 12.4 Å². The lowest BCUT2D eigenvalue weighted by molar-refractivity contribution is -0.185. The Kier molecular flexibility index (Phi) is 6.04. The number of halogens is 6. The smallest absolute Gasteiger partial charge is 0.368 e. The molecule has 0 aromatic heterocycles. The summed E-state index contributed by atoms with van der Waals surface area (Å²) in [4.78, 5) is 27.9. The Bertz CT molecular complexity index is 699. The van der Waals surface area contributed by atoms with Crippen LogP contribution in [0.25, 0.3) is 0 Å². The summed E-state index contributed by atoms with van der Waals surface area (Å²) in [6.07, 6.45) is -9.75. The Labute approximate surface area is 168 Å². The predicted octanol–water partition coefficient (Wildman–Crippen LogP) is 2.11. The molecular formula is C18H20F6N4O2. The van der Waals surface area contributed by atoms with Gasteiger partial charge in [-0.25, -0.2) is 0 Å². The summed E-state index contributed by atoms with van der Waals surface area (Å²) >= 11 is 0. The van der Waals surface area contributed by atoms with Gasteiger partial charge in [-0.2, -0.15) is 26.3 Å². The molecule has 30 heavy (non-hydrogen) atoms. The van der Waals surface area contributed by atoms with Crippen LogP contribution in [-0.4, -0.2) is 86.3 Å². The summed E-state index contributed by atoms with van der Waals surface area (Å²) in [5.41, 5.74) is 1.56. The molecule has 0 unspecified atom stereocenters. The van der Waals surface area contributed by atoms with Crippen LogP contribution in [0.1, 0.15) is 0 Å². The highest BCUT2D eigenvalue weighted by Crippen LogP contribution is 2.26. The third-order valence-electron chi connectivity index (χ3n) is 5.20. The average molecular weight is 438 g/mol. The summed E-state index contributed by atoms with van der Waals surface area (Å²) in [7, 11) is 0. The maximum absolute atomic E-state index is 12.5. The maximum atomic E-state index is 12.5. The first-order valence-electron chi connectivity index (χ1n) is 9.29. The molecule has 0 spiro atoms. The van der Waals surface area contributed by atoms with E-state index in [4.69, 9.17) is 0 Å². The zero-order valence-corrected chi connectivity index (χ0v) is 15.8. The zero-order chi connectivity index (χ0) is 22.1. The zero-order valence-electron chi connectivity index (χ0n) is 15.8. The van der Waals surface area contributed by atoms with Crippen LogP contribution in [0.5, 0.6) is 0 Å². The molecule has 2 fully saturated rings. The summed E-state index contributed by atoms with van der Waals surface area (Å²) < 4.78 is 75.1. The fraction of sp³-hybridized carbons (Fsp3) is 0.556. The normalized spacial score (nSPS) is 18.6. The van der Waals surface area contributed by atoms with E-state index in [9.17, 15) is 35.9 Å². The van der Waals surface area contributed by atoms with Gasteiger partial charge in [-0.3, -0.25) is 9.59 Å². The van der Waals surface area contributed by atoms with E-state index >= 15 is 0 Å². The largest absolute Gasteiger partial charge is 0.471 e. The number of carbonyl (C=O) groups excluding carboxylic acids is 2. The molecule has 6 nitrogen and oxygen atoms in total. The molecule has 2 amide bonds. The number of alkyl halides is 6. The monoisotopic (exact) mass is 438 g/mol. The maximum Gasteiger partial charge on any atom is 0.471 e. The van der Waals surface area contributed by atoms with Gasteiger partial charge in [0.05, 0.1) is 0 Å². The molecule has 2 heterocycles. The average Bonchev–Trinajstić information content (AvgIpc) is 2.72. The van der Waals surface area contributed by atoms with Gasteiger partial charge in [-0.05, 0) is 24.3 Å². The molecule has 2 saturated heterocycles. The SMILES string of the molecule is O=C(N1CCN(c2ccc(N3CCN(C(=O)C(F)(F)F)CC3)cc2)CC1)C(F)(F)F. The van der Waals surface area contributed by atoms with Gasteiger partial charge in [0.15, 0.2) is 0 Å². The Balaban J connectivity index is 1.53. The molecule has 1 aromatic carbocycles. The van der Waals surface area contributed by atoms with E-state index in [0.29, 0.717) is 0 Å². The molecule has 3 rings (SSSR count). The highest BCUT2D eigenvalue weighted by Gasteiger charge is 2.44. The second-order valence-electron chi connectivity index (χ2n) is 7.07. The van der Waals surface area contributed by atoms with Crippen molar-refractivity contribution in [1.29, 1.82) is 0 Å². The number of benzene rings is 1. The van der Waals surface area contributed by atoms with Crippen LogP contribution in [0.3, 0.4) is 0 Å². The van der Waals surface area contributed by atoms with E-state index in [2.05, 4.69) is 0 Å². The lowest BCUT2D eigenvalue weighted by Crippen LogP contribution is -2.52. The minimum absolute atomic E-state index is 0.0325. The lowest BCUT2D eigenvalue weighted by Gasteiger charge is -2.37. The number of nitrogens with zero attached hydrogens (tertiary/aromatic N) is 4. The van der Waals surface area contributed by atoms with Crippen LogP contribution in [-0.2, 0) is 9.59 Å². The molecular weight excluding hydrogens is 418 g/mol. The van der Waals surface area contributed by atoms with E-state index < -0.39 is 24.2 Å². The van der Waals surface area contributed by atoms with Crippen molar-refractivity contribution in [1.82, 2.24) is 9.80 Å². The number of amides is 2. The minimum Gasteiger partial charge on any atom is -0.368 e. The van der Waals surface area contributed by atoms with Crippen molar-refractivity contribution in [3.8, 4) is 0 Å². The number of anilines is 2. The quantitative estimate of drug-likeness (QED) is 0.664. The van der Waals surface area contributed by atoms with Gasteiger partial charge in [0, 0.05) is 63.7 Å². The van der Waals surface area contributed by atoms with Gasteiger partial charge in [0.25, 0.3) is 0 Å². The Hall–Kier alpha value is -2.66. The van der Waals surface area contributed by atoms with Crippen LogP contribution in [0.15, 0.2) is 24.3 Å². The number of piperazine rings is 2. The topological polar surface area (TPSA) is 47.1 Å². The Morgan fingerprint density at radius 1 is 0.567 bits per heavy atom. The van der Waals surface area contributed by atoms with Crippen LogP contribution in [0, 0.1) is 0 Å². The van der Waals surface area contributed by atoms with Gasteiger partial charge in [-0.1, -0.05) is 0 Å².